The molecule has 0 unspecified atom stereocenters. The maximum absolute atomic E-state index is 12.3. The number of hydrogen-bond donors (Lipinski definition) is 0. The van der Waals surface area contributed by atoms with E-state index in [4.69, 9.17) is 4.74 Å². The Morgan fingerprint density at radius 3 is 2.95 bits per heavy atom. The summed E-state index contributed by atoms with van der Waals surface area (Å²) >= 11 is 0. The molecule has 0 saturated heterocycles. The molecule has 2 aliphatic rings. The smallest absolute Gasteiger partial charge is 0.318 e. The van der Waals surface area contributed by atoms with Gasteiger partial charge >= 0.3 is 5.97 Å². The molecular weight excluding hydrogens is 252 g/mol. The van der Waals surface area contributed by atoms with Crippen molar-refractivity contribution >= 4 is 17.6 Å². The van der Waals surface area contributed by atoms with Crippen LogP contribution in [-0.4, -0.2) is 22.6 Å². The first kappa shape index (κ1) is 11.5. The average Bonchev–Trinajstić information content (AvgIpc) is 3.10. The highest BCUT2D eigenvalue weighted by Crippen LogP contribution is 2.66. The number of fused-ring (bicyclic) bond motifs is 3. The van der Waals surface area contributed by atoms with Gasteiger partial charge in [-0.1, -0.05) is 30.3 Å². The van der Waals surface area contributed by atoms with Crippen LogP contribution in [0.25, 0.3) is 11.6 Å². The summed E-state index contributed by atoms with van der Waals surface area (Å²) in [6.07, 6.45) is 6.50. The van der Waals surface area contributed by atoms with Crippen LogP contribution in [0.4, 0.5) is 0 Å². The Labute approximate surface area is 116 Å². The Morgan fingerprint density at radius 2 is 2.20 bits per heavy atom. The number of hydrogen-bond acceptors (Lipinski definition) is 3. The Morgan fingerprint density at radius 1 is 1.40 bits per heavy atom. The van der Waals surface area contributed by atoms with E-state index < -0.39 is 5.41 Å². The molecule has 1 aliphatic heterocycles. The lowest BCUT2D eigenvalue weighted by atomic mass is 9.87. The second kappa shape index (κ2) is 3.82. The number of esters is 1. The van der Waals surface area contributed by atoms with Gasteiger partial charge in [0.2, 0.25) is 0 Å². The molecule has 4 nitrogen and oxygen atoms in total. The van der Waals surface area contributed by atoms with Crippen LogP contribution in [0.15, 0.2) is 42.7 Å². The molecule has 0 spiro atoms. The maximum atomic E-state index is 12.3. The number of rotatable bonds is 2. The van der Waals surface area contributed by atoms with E-state index in [1.807, 2.05) is 42.6 Å². The van der Waals surface area contributed by atoms with Crippen LogP contribution in [0.1, 0.15) is 23.9 Å². The molecule has 1 aliphatic carbocycles. The van der Waals surface area contributed by atoms with Crippen molar-refractivity contribution in [2.24, 2.45) is 5.41 Å². The largest absolute Gasteiger partial charge is 0.468 e. The maximum Gasteiger partial charge on any atom is 0.318 e. The van der Waals surface area contributed by atoms with Gasteiger partial charge in [-0.2, -0.15) is 0 Å². The predicted molar refractivity (Wildman–Crippen MR) is 74.6 cm³/mol. The minimum atomic E-state index is -0.538. The Kier molecular flexibility index (Phi) is 2.19. The fourth-order valence-corrected chi connectivity index (χ4v) is 3.30. The topological polar surface area (TPSA) is 44.1 Å². The lowest BCUT2D eigenvalue weighted by Gasteiger charge is -2.24. The Hall–Kier alpha value is -2.36. The van der Waals surface area contributed by atoms with Crippen molar-refractivity contribution in [2.45, 2.75) is 12.5 Å². The molecule has 100 valence electrons. The van der Waals surface area contributed by atoms with Gasteiger partial charge in [0.05, 0.1) is 13.2 Å². The van der Waals surface area contributed by atoms with Crippen LogP contribution in [-0.2, 0) is 9.53 Å². The summed E-state index contributed by atoms with van der Waals surface area (Å²) in [6.45, 7) is 0. The molecule has 4 rings (SSSR count). The summed E-state index contributed by atoms with van der Waals surface area (Å²) in [5.41, 5.74) is 1.55. The highest BCUT2D eigenvalue weighted by Gasteiger charge is 2.66. The van der Waals surface area contributed by atoms with Gasteiger partial charge < -0.3 is 9.30 Å². The zero-order valence-corrected chi connectivity index (χ0v) is 11.1. The predicted octanol–water partition coefficient (Wildman–Crippen LogP) is 2.54. The number of carbonyl (C=O) groups is 1. The number of nitrogens with zero attached hydrogens (tertiary/aromatic N) is 2. The number of methoxy groups -OCH3 is 1. The van der Waals surface area contributed by atoms with Gasteiger partial charge in [0, 0.05) is 12.4 Å². The molecule has 20 heavy (non-hydrogen) atoms. The molecular formula is C16H14N2O2. The summed E-state index contributed by atoms with van der Waals surface area (Å²) in [5, 5.41) is 0. The lowest BCUT2D eigenvalue weighted by Crippen LogP contribution is -2.25. The molecule has 1 fully saturated rings. The Bertz CT molecular complexity index is 717. The minimum Gasteiger partial charge on any atom is -0.468 e. The molecule has 0 bridgehead atoms. The first-order valence-corrected chi connectivity index (χ1v) is 6.66. The number of aromatic nitrogens is 2. The molecule has 4 heteroatoms. The third-order valence-electron chi connectivity index (χ3n) is 4.35. The molecule has 0 radical (unpaired) electrons. The minimum absolute atomic E-state index is 0.132. The van der Waals surface area contributed by atoms with Crippen molar-refractivity contribution in [1.82, 2.24) is 9.55 Å². The molecule has 1 aromatic heterocycles. The standard InChI is InChI=1S/C16H14N2O2/c1-20-15(19)16-10-13(16)18-8-7-17-14(18)9-12(16)11-5-3-2-4-6-11/h2-9,13H,10H2,1H3/t13-,16+/m0/s1. The van der Waals surface area contributed by atoms with E-state index in [0.29, 0.717) is 0 Å². The molecule has 2 aromatic rings. The summed E-state index contributed by atoms with van der Waals surface area (Å²) in [7, 11) is 1.46. The Balaban J connectivity index is 1.92. The molecule has 1 saturated carbocycles. The molecule has 0 amide bonds. The van der Waals surface area contributed by atoms with Gasteiger partial charge in [0.25, 0.3) is 0 Å². The van der Waals surface area contributed by atoms with E-state index in [1.54, 1.807) is 6.20 Å². The average molecular weight is 266 g/mol. The van der Waals surface area contributed by atoms with Gasteiger partial charge in [-0.15, -0.1) is 0 Å². The number of ether oxygens (including phenoxy) is 1. The zero-order valence-electron chi connectivity index (χ0n) is 11.1. The summed E-state index contributed by atoms with van der Waals surface area (Å²) in [5.74, 6) is 0.753. The number of imidazole rings is 1. The molecule has 2 heterocycles. The van der Waals surface area contributed by atoms with E-state index >= 15 is 0 Å². The summed E-state index contributed by atoms with van der Waals surface area (Å²) in [6, 6.07) is 10.1. The van der Waals surface area contributed by atoms with Crippen LogP contribution in [0.3, 0.4) is 0 Å². The van der Waals surface area contributed by atoms with Gasteiger partial charge in [-0.05, 0) is 23.6 Å². The van der Waals surface area contributed by atoms with Crippen LogP contribution >= 0.6 is 0 Å². The van der Waals surface area contributed by atoms with Crippen molar-refractivity contribution < 1.29 is 9.53 Å². The first-order valence-electron chi connectivity index (χ1n) is 6.66. The van der Waals surface area contributed by atoms with Crippen LogP contribution in [0.5, 0.6) is 0 Å². The van der Waals surface area contributed by atoms with Gasteiger partial charge in [-0.25, -0.2) is 4.98 Å². The summed E-state index contributed by atoms with van der Waals surface area (Å²) in [4.78, 5) is 16.7. The quantitative estimate of drug-likeness (QED) is 0.785. The monoisotopic (exact) mass is 266 g/mol. The third-order valence-corrected chi connectivity index (χ3v) is 4.35. The number of carbonyl (C=O) groups excluding carboxylic acids is 1. The lowest BCUT2D eigenvalue weighted by molar-refractivity contribution is -0.145. The number of benzene rings is 1. The molecule has 0 N–H and O–H groups in total. The fourth-order valence-electron chi connectivity index (χ4n) is 3.30. The molecule has 1 aromatic carbocycles. The van der Waals surface area contributed by atoms with Gasteiger partial charge in [-0.3, -0.25) is 4.79 Å². The summed E-state index contributed by atoms with van der Waals surface area (Å²) < 4.78 is 7.14. The molecule has 2 atom stereocenters. The van der Waals surface area contributed by atoms with E-state index in [9.17, 15) is 4.79 Å². The van der Waals surface area contributed by atoms with Crippen molar-refractivity contribution in [1.29, 1.82) is 0 Å². The fraction of sp³-hybridized carbons (Fsp3) is 0.250. The van der Waals surface area contributed by atoms with Crippen molar-refractivity contribution in [3.8, 4) is 0 Å². The van der Waals surface area contributed by atoms with Crippen molar-refractivity contribution in [2.75, 3.05) is 7.11 Å². The van der Waals surface area contributed by atoms with Crippen LogP contribution in [0.2, 0.25) is 0 Å². The van der Waals surface area contributed by atoms with Gasteiger partial charge in [0.1, 0.15) is 11.2 Å². The van der Waals surface area contributed by atoms with E-state index in [2.05, 4.69) is 9.55 Å². The van der Waals surface area contributed by atoms with E-state index in [1.165, 1.54) is 7.11 Å². The normalized spacial score (nSPS) is 26.2. The highest BCUT2D eigenvalue weighted by atomic mass is 16.5. The SMILES string of the molecule is COC(=O)[C@@]12C[C@@H]1n1ccnc1C=C2c1ccccc1. The second-order valence-electron chi connectivity index (χ2n) is 5.30. The van der Waals surface area contributed by atoms with E-state index in [0.717, 1.165) is 23.4 Å². The zero-order chi connectivity index (χ0) is 13.7. The van der Waals surface area contributed by atoms with Crippen LogP contribution < -0.4 is 0 Å². The van der Waals surface area contributed by atoms with Crippen molar-refractivity contribution in [3.05, 3.63) is 54.1 Å². The van der Waals surface area contributed by atoms with E-state index in [-0.39, 0.29) is 12.0 Å². The van der Waals surface area contributed by atoms with Crippen LogP contribution in [0, 0.1) is 5.41 Å². The van der Waals surface area contributed by atoms with Crippen molar-refractivity contribution in [3.63, 3.8) is 0 Å². The third kappa shape index (κ3) is 1.31. The van der Waals surface area contributed by atoms with Gasteiger partial charge in [0.15, 0.2) is 0 Å². The first-order chi connectivity index (χ1) is 9.77. The highest BCUT2D eigenvalue weighted by molar-refractivity contribution is 6.03. The second-order valence-corrected chi connectivity index (χ2v) is 5.30.